The van der Waals surface area contributed by atoms with Gasteiger partial charge in [-0.1, -0.05) is 13.3 Å². The highest BCUT2D eigenvalue weighted by Crippen LogP contribution is 2.48. The lowest BCUT2D eigenvalue weighted by atomic mass is 9.91. The number of carbonyl (C=O) groups excluding carboxylic acids is 1. The summed E-state index contributed by atoms with van der Waals surface area (Å²) in [5, 5.41) is 12.2. The molecular formula is C15H25F3N2O2. The number of piperidine rings is 1. The van der Waals surface area contributed by atoms with E-state index in [0.717, 1.165) is 25.7 Å². The molecule has 0 aromatic carbocycles. The highest BCUT2D eigenvalue weighted by atomic mass is 19.4. The van der Waals surface area contributed by atoms with E-state index in [0.29, 0.717) is 6.54 Å². The Morgan fingerprint density at radius 3 is 2.41 bits per heavy atom. The second-order valence-corrected chi connectivity index (χ2v) is 6.72. The maximum Gasteiger partial charge on any atom is 0.414 e. The van der Waals surface area contributed by atoms with Crippen molar-refractivity contribution in [3.05, 3.63) is 0 Å². The van der Waals surface area contributed by atoms with Crippen LogP contribution >= 0.6 is 0 Å². The molecule has 1 aliphatic carbocycles. The van der Waals surface area contributed by atoms with Gasteiger partial charge in [-0.2, -0.15) is 13.2 Å². The first-order valence-corrected chi connectivity index (χ1v) is 8.05. The SMILES string of the molecule is CCCC1(CNC(=O)N2CCC(C(O)C(F)(F)F)CC2)CC1. The molecule has 128 valence electrons. The number of halogens is 3. The highest BCUT2D eigenvalue weighted by Gasteiger charge is 2.45. The third kappa shape index (κ3) is 4.27. The van der Waals surface area contributed by atoms with Crippen LogP contribution in [0.25, 0.3) is 0 Å². The second kappa shape index (κ2) is 6.64. The summed E-state index contributed by atoms with van der Waals surface area (Å²) in [4.78, 5) is 13.6. The fourth-order valence-electron chi connectivity index (χ4n) is 3.28. The Morgan fingerprint density at radius 2 is 1.95 bits per heavy atom. The summed E-state index contributed by atoms with van der Waals surface area (Å²) in [5.74, 6) is -0.807. The Bertz CT molecular complexity index is 389. The van der Waals surface area contributed by atoms with E-state index in [1.807, 2.05) is 0 Å². The molecule has 2 fully saturated rings. The van der Waals surface area contributed by atoms with Crippen molar-refractivity contribution < 1.29 is 23.1 Å². The van der Waals surface area contributed by atoms with Gasteiger partial charge in [0.1, 0.15) is 0 Å². The van der Waals surface area contributed by atoms with Gasteiger partial charge in [0.05, 0.1) is 0 Å². The molecule has 0 radical (unpaired) electrons. The van der Waals surface area contributed by atoms with E-state index in [4.69, 9.17) is 0 Å². The van der Waals surface area contributed by atoms with E-state index in [2.05, 4.69) is 12.2 Å². The quantitative estimate of drug-likeness (QED) is 0.818. The van der Waals surface area contributed by atoms with Crippen LogP contribution in [0.4, 0.5) is 18.0 Å². The first-order chi connectivity index (χ1) is 10.3. The topological polar surface area (TPSA) is 52.6 Å². The van der Waals surface area contributed by atoms with Gasteiger partial charge in [0.25, 0.3) is 0 Å². The number of hydrogen-bond acceptors (Lipinski definition) is 2. The number of likely N-dealkylation sites (tertiary alicyclic amines) is 1. The van der Waals surface area contributed by atoms with E-state index >= 15 is 0 Å². The van der Waals surface area contributed by atoms with Gasteiger partial charge in [0.15, 0.2) is 6.10 Å². The first-order valence-electron chi connectivity index (χ1n) is 8.05. The van der Waals surface area contributed by atoms with Crippen LogP contribution in [0, 0.1) is 11.3 Å². The van der Waals surface area contributed by atoms with Crippen molar-refractivity contribution in [2.24, 2.45) is 11.3 Å². The van der Waals surface area contributed by atoms with Crippen molar-refractivity contribution in [2.75, 3.05) is 19.6 Å². The molecule has 1 aliphatic heterocycles. The van der Waals surface area contributed by atoms with Crippen molar-refractivity contribution in [1.29, 1.82) is 0 Å². The average molecular weight is 322 g/mol. The third-order valence-corrected chi connectivity index (χ3v) is 4.96. The number of nitrogens with zero attached hydrogens (tertiary/aromatic N) is 1. The second-order valence-electron chi connectivity index (χ2n) is 6.72. The molecule has 2 amide bonds. The number of carbonyl (C=O) groups is 1. The smallest absolute Gasteiger partial charge is 0.383 e. The van der Waals surface area contributed by atoms with Crippen LogP contribution in [0.5, 0.6) is 0 Å². The van der Waals surface area contributed by atoms with Crippen LogP contribution in [0.2, 0.25) is 0 Å². The van der Waals surface area contributed by atoms with Crippen LogP contribution in [-0.2, 0) is 0 Å². The highest BCUT2D eigenvalue weighted by molar-refractivity contribution is 5.74. The van der Waals surface area contributed by atoms with Crippen LogP contribution < -0.4 is 5.32 Å². The maximum absolute atomic E-state index is 12.5. The fraction of sp³-hybridized carbons (Fsp3) is 0.933. The van der Waals surface area contributed by atoms with Crippen LogP contribution in [0.15, 0.2) is 0 Å². The first kappa shape index (κ1) is 17.4. The lowest BCUT2D eigenvalue weighted by Gasteiger charge is -2.35. The summed E-state index contributed by atoms with van der Waals surface area (Å²) in [5.41, 5.74) is 0.259. The molecule has 2 rings (SSSR count). The maximum atomic E-state index is 12.5. The van der Waals surface area contributed by atoms with Gasteiger partial charge in [0, 0.05) is 19.6 Å². The minimum Gasteiger partial charge on any atom is -0.383 e. The summed E-state index contributed by atoms with van der Waals surface area (Å²) < 4.78 is 37.4. The number of rotatable bonds is 5. The Kier molecular flexibility index (Phi) is 5.25. The number of amides is 2. The van der Waals surface area contributed by atoms with Gasteiger partial charge in [-0.25, -0.2) is 4.79 Å². The van der Waals surface area contributed by atoms with Gasteiger partial charge in [-0.3, -0.25) is 0 Å². The van der Waals surface area contributed by atoms with E-state index < -0.39 is 18.2 Å². The molecule has 1 saturated heterocycles. The van der Waals surface area contributed by atoms with Crippen LogP contribution in [0.1, 0.15) is 45.4 Å². The van der Waals surface area contributed by atoms with Gasteiger partial charge < -0.3 is 15.3 Å². The molecule has 22 heavy (non-hydrogen) atoms. The fourth-order valence-corrected chi connectivity index (χ4v) is 3.28. The van der Waals surface area contributed by atoms with Crippen molar-refractivity contribution in [3.63, 3.8) is 0 Å². The lowest BCUT2D eigenvalue weighted by Crippen LogP contribution is -2.49. The van der Waals surface area contributed by atoms with Crippen molar-refractivity contribution in [2.45, 2.75) is 57.7 Å². The standard InChI is InChI=1S/C15H25F3N2O2/c1-2-5-14(6-7-14)10-19-13(22)20-8-3-11(4-9-20)12(21)15(16,17)18/h11-12,21H,2-10H2,1H3,(H,19,22). The molecule has 0 aromatic rings. The minimum absolute atomic E-state index is 0.189. The monoisotopic (exact) mass is 322 g/mol. The molecule has 2 aliphatic rings. The Morgan fingerprint density at radius 1 is 1.36 bits per heavy atom. The zero-order valence-corrected chi connectivity index (χ0v) is 13.0. The number of nitrogens with one attached hydrogen (secondary N) is 1. The van der Waals surface area contributed by atoms with Crippen LogP contribution in [0.3, 0.4) is 0 Å². The lowest BCUT2D eigenvalue weighted by molar-refractivity contribution is -0.222. The van der Waals surface area contributed by atoms with E-state index in [1.54, 1.807) is 4.90 Å². The molecule has 4 nitrogen and oxygen atoms in total. The van der Waals surface area contributed by atoms with Gasteiger partial charge in [0.2, 0.25) is 0 Å². The molecule has 0 aromatic heterocycles. The van der Waals surface area contributed by atoms with E-state index in [1.165, 1.54) is 0 Å². The normalized spacial score (nSPS) is 23.2. The van der Waals surface area contributed by atoms with E-state index in [-0.39, 0.29) is 37.4 Å². The number of aliphatic hydroxyl groups excluding tert-OH is 1. The summed E-state index contributed by atoms with van der Waals surface area (Å²) in [7, 11) is 0. The van der Waals surface area contributed by atoms with Crippen molar-refractivity contribution in [1.82, 2.24) is 10.2 Å². The molecule has 2 N–H and O–H groups in total. The molecule has 0 bridgehead atoms. The molecule has 1 unspecified atom stereocenters. The summed E-state index contributed by atoms with van der Waals surface area (Å²) >= 11 is 0. The molecule has 1 atom stereocenters. The molecule has 7 heteroatoms. The third-order valence-electron chi connectivity index (χ3n) is 4.96. The molecular weight excluding hydrogens is 297 g/mol. The molecule has 1 saturated carbocycles. The zero-order valence-electron chi connectivity index (χ0n) is 13.0. The Balaban J connectivity index is 1.73. The number of alkyl halides is 3. The van der Waals surface area contributed by atoms with Crippen molar-refractivity contribution in [3.8, 4) is 0 Å². The molecule has 1 heterocycles. The predicted molar refractivity (Wildman–Crippen MR) is 76.3 cm³/mol. The Hall–Kier alpha value is -0.980. The largest absolute Gasteiger partial charge is 0.414 e. The summed E-state index contributed by atoms with van der Waals surface area (Å²) in [6.07, 6.45) is -2.00. The zero-order chi connectivity index (χ0) is 16.4. The van der Waals surface area contributed by atoms with E-state index in [9.17, 15) is 23.1 Å². The van der Waals surface area contributed by atoms with Crippen LogP contribution in [-0.4, -0.2) is 48.0 Å². The number of hydrogen-bond donors (Lipinski definition) is 2. The van der Waals surface area contributed by atoms with Gasteiger partial charge in [-0.05, 0) is 43.4 Å². The number of urea groups is 1. The summed E-state index contributed by atoms with van der Waals surface area (Å²) in [6, 6.07) is -0.192. The Labute approximate surface area is 129 Å². The molecule has 0 spiro atoms. The predicted octanol–water partition coefficient (Wildman–Crippen LogP) is 2.91. The number of aliphatic hydroxyl groups is 1. The van der Waals surface area contributed by atoms with Gasteiger partial charge in [-0.15, -0.1) is 0 Å². The van der Waals surface area contributed by atoms with Crippen molar-refractivity contribution >= 4 is 6.03 Å². The average Bonchev–Trinajstić information content (AvgIpc) is 3.24. The van der Waals surface area contributed by atoms with Gasteiger partial charge >= 0.3 is 12.2 Å². The summed E-state index contributed by atoms with van der Waals surface area (Å²) in [6.45, 7) is 3.32. The minimum atomic E-state index is -4.58.